The van der Waals surface area contributed by atoms with Gasteiger partial charge >= 0.3 is 0 Å². The van der Waals surface area contributed by atoms with Gasteiger partial charge in [0.15, 0.2) is 0 Å². The first-order chi connectivity index (χ1) is 7.58. The van der Waals surface area contributed by atoms with Crippen molar-refractivity contribution in [2.45, 2.75) is 20.8 Å². The van der Waals surface area contributed by atoms with Crippen LogP contribution in [0.3, 0.4) is 0 Å². The molecule has 0 aliphatic heterocycles. The van der Waals surface area contributed by atoms with Gasteiger partial charge in [0.1, 0.15) is 5.15 Å². The molecule has 1 heterocycles. The van der Waals surface area contributed by atoms with Crippen LogP contribution in [0.1, 0.15) is 19.4 Å². The molecule has 0 unspecified atom stereocenters. The summed E-state index contributed by atoms with van der Waals surface area (Å²) in [4.78, 5) is 7.96. The standard InChI is InChI=1S/C9H5BrCl2N2.C2H6/c1-4-2-5-7(3-6(4)10)13-9(12)14-8(5)11;1-2/h2-3H,1H3;1-2H3. The smallest absolute Gasteiger partial charge is 0.218 e. The molecule has 1 aromatic carbocycles. The van der Waals surface area contributed by atoms with Gasteiger partial charge in [-0.3, -0.25) is 0 Å². The number of hydrogen-bond acceptors (Lipinski definition) is 2. The van der Waals surface area contributed by atoms with Crippen LogP contribution < -0.4 is 0 Å². The quantitative estimate of drug-likeness (QED) is 0.502. The van der Waals surface area contributed by atoms with Gasteiger partial charge in [-0.25, -0.2) is 9.97 Å². The van der Waals surface area contributed by atoms with Crippen molar-refractivity contribution < 1.29 is 0 Å². The highest BCUT2D eigenvalue weighted by Gasteiger charge is 2.06. The second-order valence-corrected chi connectivity index (χ2v) is 4.45. The van der Waals surface area contributed by atoms with E-state index in [0.29, 0.717) is 5.15 Å². The minimum absolute atomic E-state index is 0.165. The van der Waals surface area contributed by atoms with E-state index in [9.17, 15) is 0 Å². The molecule has 0 aliphatic carbocycles. The van der Waals surface area contributed by atoms with E-state index < -0.39 is 0 Å². The van der Waals surface area contributed by atoms with Gasteiger partial charge in [0.05, 0.1) is 5.52 Å². The van der Waals surface area contributed by atoms with Gasteiger partial charge in [0.25, 0.3) is 0 Å². The molecule has 0 amide bonds. The lowest BCUT2D eigenvalue weighted by Gasteiger charge is -2.03. The maximum absolute atomic E-state index is 5.94. The minimum Gasteiger partial charge on any atom is -0.218 e. The Labute approximate surface area is 113 Å². The summed E-state index contributed by atoms with van der Waals surface area (Å²) in [5.74, 6) is 0. The van der Waals surface area contributed by atoms with Crippen LogP contribution in [0.4, 0.5) is 0 Å². The molecule has 2 aromatic rings. The van der Waals surface area contributed by atoms with E-state index in [2.05, 4.69) is 25.9 Å². The summed E-state index contributed by atoms with van der Waals surface area (Å²) in [6.45, 7) is 5.98. The highest BCUT2D eigenvalue weighted by atomic mass is 79.9. The van der Waals surface area contributed by atoms with Crippen molar-refractivity contribution in [1.82, 2.24) is 9.97 Å². The molecular formula is C11H11BrCl2N2. The van der Waals surface area contributed by atoms with Gasteiger partial charge < -0.3 is 0 Å². The number of aryl methyl sites for hydroxylation is 1. The molecule has 0 N–H and O–H groups in total. The summed E-state index contributed by atoms with van der Waals surface area (Å²) >= 11 is 15.0. The van der Waals surface area contributed by atoms with Crippen molar-refractivity contribution in [2.75, 3.05) is 0 Å². The third kappa shape index (κ3) is 2.84. The van der Waals surface area contributed by atoms with Gasteiger partial charge in [-0.1, -0.05) is 41.4 Å². The Bertz CT molecular complexity index is 515. The molecule has 0 saturated carbocycles. The van der Waals surface area contributed by atoms with Gasteiger partial charge in [-0.05, 0) is 36.2 Å². The number of aromatic nitrogens is 2. The third-order valence-corrected chi connectivity index (χ3v) is 3.21. The maximum Gasteiger partial charge on any atom is 0.224 e. The summed E-state index contributed by atoms with van der Waals surface area (Å²) in [5, 5.41) is 1.37. The van der Waals surface area contributed by atoms with Crippen LogP contribution in [-0.4, -0.2) is 9.97 Å². The SMILES string of the molecule is CC.Cc1cc2c(Cl)nc(Cl)nc2cc1Br. The molecule has 0 aliphatic rings. The zero-order valence-corrected chi connectivity index (χ0v) is 12.3. The van der Waals surface area contributed by atoms with Crippen LogP contribution in [0, 0.1) is 6.92 Å². The highest BCUT2D eigenvalue weighted by Crippen LogP contribution is 2.27. The summed E-state index contributed by atoms with van der Waals surface area (Å²) in [6.07, 6.45) is 0. The fourth-order valence-corrected chi connectivity index (χ4v) is 1.98. The number of hydrogen-bond donors (Lipinski definition) is 0. The van der Waals surface area contributed by atoms with Crippen molar-refractivity contribution >= 4 is 50.0 Å². The van der Waals surface area contributed by atoms with Gasteiger partial charge in [0, 0.05) is 9.86 Å². The van der Waals surface area contributed by atoms with E-state index in [1.807, 2.05) is 32.9 Å². The zero-order chi connectivity index (χ0) is 12.3. The minimum atomic E-state index is 0.165. The third-order valence-electron chi connectivity index (χ3n) is 1.90. The fourth-order valence-electron chi connectivity index (χ4n) is 1.19. The lowest BCUT2D eigenvalue weighted by atomic mass is 10.2. The lowest BCUT2D eigenvalue weighted by molar-refractivity contribution is 1.22. The molecule has 0 bridgehead atoms. The van der Waals surface area contributed by atoms with Crippen molar-refractivity contribution in [2.24, 2.45) is 0 Å². The van der Waals surface area contributed by atoms with Crippen LogP contribution in [0.15, 0.2) is 16.6 Å². The summed E-state index contributed by atoms with van der Waals surface area (Å²) in [5.41, 5.74) is 1.83. The number of benzene rings is 1. The molecule has 16 heavy (non-hydrogen) atoms. The number of nitrogens with zero attached hydrogens (tertiary/aromatic N) is 2. The molecular weight excluding hydrogens is 311 g/mol. The summed E-state index contributed by atoms with van der Waals surface area (Å²) < 4.78 is 0.982. The number of fused-ring (bicyclic) bond motifs is 1. The average molecular weight is 322 g/mol. The molecule has 5 heteroatoms. The van der Waals surface area contributed by atoms with E-state index in [1.54, 1.807) is 0 Å². The van der Waals surface area contributed by atoms with Crippen LogP contribution in [0.2, 0.25) is 10.4 Å². The topological polar surface area (TPSA) is 25.8 Å². The van der Waals surface area contributed by atoms with Crippen LogP contribution >= 0.6 is 39.1 Å². The van der Waals surface area contributed by atoms with E-state index in [0.717, 1.165) is 20.9 Å². The maximum atomic E-state index is 5.94. The highest BCUT2D eigenvalue weighted by molar-refractivity contribution is 9.10. The fraction of sp³-hybridized carbons (Fsp3) is 0.273. The Hall–Kier alpha value is -0.380. The van der Waals surface area contributed by atoms with Crippen LogP contribution in [-0.2, 0) is 0 Å². The van der Waals surface area contributed by atoms with Gasteiger partial charge in [-0.2, -0.15) is 0 Å². The predicted octanol–water partition coefficient (Wildman–Crippen LogP) is 5.03. The lowest BCUT2D eigenvalue weighted by Crippen LogP contribution is -1.88. The van der Waals surface area contributed by atoms with Crippen molar-refractivity contribution in [3.05, 3.63) is 32.6 Å². The predicted molar refractivity (Wildman–Crippen MR) is 73.3 cm³/mol. The first-order valence-electron chi connectivity index (χ1n) is 4.87. The molecule has 0 spiro atoms. The summed E-state index contributed by atoms with van der Waals surface area (Å²) in [7, 11) is 0. The van der Waals surface area contributed by atoms with Crippen molar-refractivity contribution in [3.8, 4) is 0 Å². The van der Waals surface area contributed by atoms with E-state index in [-0.39, 0.29) is 5.28 Å². The zero-order valence-electron chi connectivity index (χ0n) is 9.18. The molecule has 0 atom stereocenters. The van der Waals surface area contributed by atoms with E-state index >= 15 is 0 Å². The molecule has 0 fully saturated rings. The van der Waals surface area contributed by atoms with Gasteiger partial charge in [-0.15, -0.1) is 0 Å². The second-order valence-electron chi connectivity index (χ2n) is 2.90. The molecule has 0 saturated heterocycles. The molecule has 0 radical (unpaired) electrons. The monoisotopic (exact) mass is 320 g/mol. The van der Waals surface area contributed by atoms with Crippen molar-refractivity contribution in [3.63, 3.8) is 0 Å². The molecule has 1 aromatic heterocycles. The first-order valence-corrected chi connectivity index (χ1v) is 6.42. The largest absolute Gasteiger partial charge is 0.224 e. The molecule has 2 nitrogen and oxygen atoms in total. The van der Waals surface area contributed by atoms with Crippen molar-refractivity contribution in [1.29, 1.82) is 0 Å². The average Bonchev–Trinajstić information content (AvgIpc) is 2.24. The van der Waals surface area contributed by atoms with Crippen LogP contribution in [0.5, 0.6) is 0 Å². The number of rotatable bonds is 0. The molecule has 2 rings (SSSR count). The first kappa shape index (κ1) is 13.7. The Morgan fingerprint density at radius 2 is 1.75 bits per heavy atom. The van der Waals surface area contributed by atoms with Gasteiger partial charge in [0.2, 0.25) is 5.28 Å². The number of halogens is 3. The Morgan fingerprint density at radius 3 is 2.38 bits per heavy atom. The Morgan fingerprint density at radius 1 is 1.12 bits per heavy atom. The second kappa shape index (κ2) is 5.80. The normalized spacial score (nSPS) is 9.88. The Kier molecular flexibility index (Phi) is 4.96. The summed E-state index contributed by atoms with van der Waals surface area (Å²) in [6, 6.07) is 3.81. The Balaban J connectivity index is 0.000000606. The van der Waals surface area contributed by atoms with E-state index in [4.69, 9.17) is 23.2 Å². The molecule has 86 valence electrons. The van der Waals surface area contributed by atoms with Crippen LogP contribution in [0.25, 0.3) is 10.9 Å². The van der Waals surface area contributed by atoms with E-state index in [1.165, 1.54) is 0 Å².